The lowest BCUT2D eigenvalue weighted by Gasteiger charge is -2.38. The minimum atomic E-state index is -1.55. The van der Waals surface area contributed by atoms with Crippen LogP contribution in [0.4, 0.5) is 13.2 Å². The maximum atomic E-state index is 13.7. The molecule has 0 aliphatic carbocycles. The molecule has 19 heavy (non-hydrogen) atoms. The number of hydrogen-bond acceptors (Lipinski definition) is 4. The zero-order chi connectivity index (χ0) is 14.2. The molecular weight excluding hydrogens is 261 g/mol. The van der Waals surface area contributed by atoms with Crippen LogP contribution < -0.4 is 0 Å². The molecule has 7 heteroatoms. The van der Waals surface area contributed by atoms with Gasteiger partial charge in [0.1, 0.15) is 5.69 Å². The van der Waals surface area contributed by atoms with Crippen LogP contribution in [0.5, 0.6) is 0 Å². The molecule has 106 valence electrons. The number of ether oxygens (including phenoxy) is 2. The summed E-state index contributed by atoms with van der Waals surface area (Å²) in [5.41, 5.74) is -1.26. The van der Waals surface area contributed by atoms with Crippen LogP contribution in [0, 0.1) is 17.8 Å². The summed E-state index contributed by atoms with van der Waals surface area (Å²) in [5, 5.41) is 0. The van der Waals surface area contributed by atoms with Crippen LogP contribution in [0.25, 0.3) is 0 Å². The van der Waals surface area contributed by atoms with Crippen LogP contribution in [-0.2, 0) is 14.9 Å². The molecule has 4 nitrogen and oxygen atoms in total. The van der Waals surface area contributed by atoms with Crippen molar-refractivity contribution >= 4 is 0 Å². The fraction of sp³-hybridized carbons (Fsp3) is 0.667. The van der Waals surface area contributed by atoms with E-state index in [1.165, 1.54) is 0 Å². The first kappa shape index (κ1) is 14.2. The first-order valence-electron chi connectivity index (χ1n) is 5.94. The Bertz CT molecular complexity index is 482. The number of rotatable bonds is 2. The van der Waals surface area contributed by atoms with Crippen LogP contribution in [0.15, 0.2) is 0 Å². The van der Waals surface area contributed by atoms with Gasteiger partial charge in [0.2, 0.25) is 5.95 Å². The molecule has 1 aromatic heterocycles. The Morgan fingerprint density at radius 3 is 2.32 bits per heavy atom. The van der Waals surface area contributed by atoms with Gasteiger partial charge in [-0.3, -0.25) is 0 Å². The van der Waals surface area contributed by atoms with Gasteiger partial charge in [0.15, 0.2) is 0 Å². The van der Waals surface area contributed by atoms with Gasteiger partial charge in [-0.25, -0.2) is 4.98 Å². The Morgan fingerprint density at radius 2 is 1.68 bits per heavy atom. The normalized spacial score (nSPS) is 24.5. The van der Waals surface area contributed by atoms with E-state index in [4.69, 9.17) is 9.47 Å². The quantitative estimate of drug-likeness (QED) is 0.828. The van der Waals surface area contributed by atoms with Crippen molar-refractivity contribution in [1.29, 1.82) is 0 Å². The van der Waals surface area contributed by atoms with Gasteiger partial charge in [-0.2, -0.15) is 18.2 Å². The van der Waals surface area contributed by atoms with Crippen LogP contribution in [-0.4, -0.2) is 35.4 Å². The van der Waals surface area contributed by atoms with E-state index in [0.717, 1.165) is 0 Å². The molecule has 1 saturated heterocycles. The van der Waals surface area contributed by atoms with Gasteiger partial charge >= 0.3 is 0 Å². The third-order valence-corrected chi connectivity index (χ3v) is 3.21. The Hall–Kier alpha value is -1.21. The molecule has 0 bridgehead atoms. The van der Waals surface area contributed by atoms with Crippen molar-refractivity contribution in [2.45, 2.75) is 38.4 Å². The van der Waals surface area contributed by atoms with Crippen molar-refractivity contribution in [3.63, 3.8) is 0 Å². The molecule has 2 heterocycles. The number of halogens is 3. The van der Waals surface area contributed by atoms with Gasteiger partial charge < -0.3 is 9.47 Å². The molecule has 1 aromatic rings. The van der Waals surface area contributed by atoms with Gasteiger partial charge in [0, 0.05) is 5.41 Å². The highest BCUT2D eigenvalue weighted by Gasteiger charge is 2.40. The van der Waals surface area contributed by atoms with E-state index in [2.05, 4.69) is 9.97 Å². The smallest absolute Gasteiger partial charge is 0.271 e. The fourth-order valence-electron chi connectivity index (χ4n) is 2.02. The summed E-state index contributed by atoms with van der Waals surface area (Å²) in [4.78, 5) is 6.22. The Labute approximate surface area is 109 Å². The Morgan fingerprint density at radius 1 is 1.05 bits per heavy atom. The lowest BCUT2D eigenvalue weighted by molar-refractivity contribution is -0.153. The lowest BCUT2D eigenvalue weighted by atomic mass is 9.82. The van der Waals surface area contributed by atoms with E-state index < -0.39 is 29.4 Å². The minimum Gasteiger partial charge on any atom is -0.376 e. The second kappa shape index (κ2) is 5.05. The van der Waals surface area contributed by atoms with Gasteiger partial charge in [0.25, 0.3) is 11.9 Å². The molecule has 0 N–H and O–H groups in total. The zero-order valence-corrected chi connectivity index (χ0v) is 10.9. The average molecular weight is 276 g/mol. The van der Waals surface area contributed by atoms with Crippen molar-refractivity contribution in [3.8, 4) is 0 Å². The number of nitrogens with zero attached hydrogens (tertiary/aromatic N) is 2. The molecular formula is C12H15F3N2O2. The summed E-state index contributed by atoms with van der Waals surface area (Å²) in [6.45, 7) is 5.75. The van der Waals surface area contributed by atoms with E-state index in [-0.39, 0.29) is 18.4 Å². The Kier molecular flexibility index (Phi) is 3.78. The van der Waals surface area contributed by atoms with Crippen molar-refractivity contribution in [2.75, 3.05) is 13.2 Å². The van der Waals surface area contributed by atoms with Crippen LogP contribution in [0.2, 0.25) is 0 Å². The maximum Gasteiger partial charge on any atom is 0.271 e. The summed E-state index contributed by atoms with van der Waals surface area (Å²) >= 11 is 0. The topological polar surface area (TPSA) is 44.2 Å². The molecule has 1 aliphatic rings. The highest BCUT2D eigenvalue weighted by Crippen LogP contribution is 2.32. The summed E-state index contributed by atoms with van der Waals surface area (Å²) < 4.78 is 50.6. The molecule has 0 radical (unpaired) electrons. The Balaban J connectivity index is 2.35. The first-order valence-corrected chi connectivity index (χ1v) is 5.94. The number of aromatic nitrogens is 2. The van der Waals surface area contributed by atoms with Crippen LogP contribution >= 0.6 is 0 Å². The highest BCUT2D eigenvalue weighted by atomic mass is 19.2. The molecule has 1 aliphatic heterocycles. The molecule has 0 spiro atoms. The molecule has 0 aromatic carbocycles. The van der Waals surface area contributed by atoms with Gasteiger partial charge in [0.05, 0.1) is 25.4 Å². The molecule has 2 unspecified atom stereocenters. The fourth-order valence-corrected chi connectivity index (χ4v) is 2.02. The van der Waals surface area contributed by atoms with Crippen LogP contribution in [0.1, 0.15) is 26.5 Å². The number of hydrogen-bond donors (Lipinski definition) is 0. The summed E-state index contributed by atoms with van der Waals surface area (Å²) in [6.07, 6.45) is -0.663. The second-order valence-corrected chi connectivity index (χ2v) is 5.14. The first-order chi connectivity index (χ1) is 8.82. The van der Waals surface area contributed by atoms with E-state index in [1.54, 1.807) is 13.8 Å². The van der Waals surface area contributed by atoms with E-state index in [0.29, 0.717) is 6.61 Å². The SMILES string of the molecule is CC1COCC(C(C)(C)c2nc(F)c(F)nc2F)O1. The molecule has 0 amide bonds. The van der Waals surface area contributed by atoms with Crippen LogP contribution in [0.3, 0.4) is 0 Å². The molecule has 0 saturated carbocycles. The van der Waals surface area contributed by atoms with Crippen molar-refractivity contribution < 1.29 is 22.6 Å². The van der Waals surface area contributed by atoms with E-state index in [1.807, 2.05) is 6.92 Å². The predicted octanol–water partition coefficient (Wildman–Crippen LogP) is 1.98. The predicted molar refractivity (Wildman–Crippen MR) is 60.1 cm³/mol. The molecule has 2 atom stereocenters. The van der Waals surface area contributed by atoms with Gasteiger partial charge in [-0.1, -0.05) is 13.8 Å². The van der Waals surface area contributed by atoms with E-state index >= 15 is 0 Å². The highest BCUT2D eigenvalue weighted by molar-refractivity contribution is 5.16. The second-order valence-electron chi connectivity index (χ2n) is 5.14. The maximum absolute atomic E-state index is 13.7. The standard InChI is InChI=1S/C12H15F3N2O2/c1-6-4-18-5-7(19-6)12(2,3)8-9(13)17-11(15)10(14)16-8/h6-7H,4-5H2,1-3H3. The third kappa shape index (κ3) is 2.71. The minimum absolute atomic E-state index is 0.153. The van der Waals surface area contributed by atoms with Crippen molar-refractivity contribution in [1.82, 2.24) is 9.97 Å². The van der Waals surface area contributed by atoms with Gasteiger partial charge in [-0.15, -0.1) is 0 Å². The van der Waals surface area contributed by atoms with Crippen molar-refractivity contribution in [3.05, 3.63) is 23.5 Å². The summed E-state index contributed by atoms with van der Waals surface area (Å²) in [5.74, 6) is -4.11. The summed E-state index contributed by atoms with van der Waals surface area (Å²) in [6, 6.07) is 0. The third-order valence-electron chi connectivity index (χ3n) is 3.21. The summed E-state index contributed by atoms with van der Waals surface area (Å²) in [7, 11) is 0. The lowest BCUT2D eigenvalue weighted by Crippen LogP contribution is -2.47. The average Bonchev–Trinajstić information content (AvgIpc) is 2.33. The van der Waals surface area contributed by atoms with Gasteiger partial charge in [-0.05, 0) is 6.92 Å². The molecule has 2 rings (SSSR count). The largest absolute Gasteiger partial charge is 0.376 e. The van der Waals surface area contributed by atoms with E-state index in [9.17, 15) is 13.2 Å². The zero-order valence-electron chi connectivity index (χ0n) is 10.9. The molecule has 1 fully saturated rings. The van der Waals surface area contributed by atoms with Crippen molar-refractivity contribution in [2.24, 2.45) is 0 Å². The monoisotopic (exact) mass is 276 g/mol.